The molecule has 2 N–H and O–H groups in total. The summed E-state index contributed by atoms with van der Waals surface area (Å²) in [5, 5.41) is 2.73. The summed E-state index contributed by atoms with van der Waals surface area (Å²) < 4.78 is 5.08. The number of hydrogen-bond donors (Lipinski definition) is 2. The molecule has 0 aliphatic carbocycles. The number of aromatic nitrogens is 2. The van der Waals surface area contributed by atoms with E-state index in [1.54, 1.807) is 37.4 Å². The van der Waals surface area contributed by atoms with Crippen LogP contribution >= 0.6 is 0 Å². The molecule has 0 aliphatic heterocycles. The SMILES string of the molecule is COc1ccc(-c2cc(C(=O)NC(C)C)[nH]c(=O)n2)cc1. The maximum atomic E-state index is 12.0. The van der Waals surface area contributed by atoms with Crippen LogP contribution in [0.1, 0.15) is 24.3 Å². The van der Waals surface area contributed by atoms with Crippen LogP contribution in [0.2, 0.25) is 0 Å². The van der Waals surface area contributed by atoms with Gasteiger partial charge in [0.05, 0.1) is 12.8 Å². The molecule has 1 aromatic heterocycles. The zero-order valence-electron chi connectivity index (χ0n) is 12.1. The first kappa shape index (κ1) is 14.8. The van der Waals surface area contributed by atoms with Crippen LogP contribution in [0.3, 0.4) is 0 Å². The first-order valence-corrected chi connectivity index (χ1v) is 6.56. The summed E-state index contributed by atoms with van der Waals surface area (Å²) in [6, 6.07) is 8.65. The van der Waals surface area contributed by atoms with E-state index >= 15 is 0 Å². The molecule has 1 amide bonds. The Balaban J connectivity index is 2.38. The molecule has 0 saturated heterocycles. The van der Waals surface area contributed by atoms with E-state index in [4.69, 9.17) is 4.74 Å². The maximum absolute atomic E-state index is 12.0. The first-order chi connectivity index (χ1) is 9.99. The Morgan fingerprint density at radius 1 is 1.29 bits per heavy atom. The molecule has 0 radical (unpaired) electrons. The van der Waals surface area contributed by atoms with Gasteiger partial charge in [0.15, 0.2) is 0 Å². The maximum Gasteiger partial charge on any atom is 0.346 e. The average Bonchev–Trinajstić information content (AvgIpc) is 2.46. The van der Waals surface area contributed by atoms with Gasteiger partial charge in [-0.2, -0.15) is 4.98 Å². The van der Waals surface area contributed by atoms with E-state index in [2.05, 4.69) is 15.3 Å². The third-order valence-corrected chi connectivity index (χ3v) is 2.79. The van der Waals surface area contributed by atoms with Gasteiger partial charge in [-0.25, -0.2) is 4.79 Å². The summed E-state index contributed by atoms with van der Waals surface area (Å²) in [6.45, 7) is 3.70. The Labute approximate surface area is 122 Å². The monoisotopic (exact) mass is 287 g/mol. The van der Waals surface area contributed by atoms with E-state index in [-0.39, 0.29) is 17.6 Å². The smallest absolute Gasteiger partial charge is 0.346 e. The van der Waals surface area contributed by atoms with Gasteiger partial charge in [0.2, 0.25) is 0 Å². The lowest BCUT2D eigenvalue weighted by Gasteiger charge is -2.09. The van der Waals surface area contributed by atoms with E-state index in [0.29, 0.717) is 11.4 Å². The van der Waals surface area contributed by atoms with E-state index in [0.717, 1.165) is 5.56 Å². The molecule has 0 atom stereocenters. The van der Waals surface area contributed by atoms with Crippen LogP contribution in [-0.4, -0.2) is 29.0 Å². The quantitative estimate of drug-likeness (QED) is 0.894. The van der Waals surface area contributed by atoms with E-state index in [1.807, 2.05) is 13.8 Å². The van der Waals surface area contributed by atoms with Crippen LogP contribution in [0.5, 0.6) is 5.75 Å². The summed E-state index contributed by atoms with van der Waals surface area (Å²) >= 11 is 0. The molecule has 0 bridgehead atoms. The number of carbonyl (C=O) groups is 1. The van der Waals surface area contributed by atoms with Crippen LogP contribution in [0, 0.1) is 0 Å². The molecule has 0 saturated carbocycles. The Morgan fingerprint density at radius 3 is 2.52 bits per heavy atom. The summed E-state index contributed by atoms with van der Waals surface area (Å²) in [5.41, 5.74) is 0.808. The lowest BCUT2D eigenvalue weighted by molar-refractivity contribution is 0.0937. The molecule has 0 fully saturated rings. The van der Waals surface area contributed by atoms with Crippen molar-refractivity contribution in [3.63, 3.8) is 0 Å². The number of methoxy groups -OCH3 is 1. The molecule has 6 nitrogen and oxygen atoms in total. The van der Waals surface area contributed by atoms with Crippen molar-refractivity contribution in [3.05, 3.63) is 46.5 Å². The lowest BCUT2D eigenvalue weighted by atomic mass is 10.1. The molecule has 0 unspecified atom stereocenters. The number of nitrogens with zero attached hydrogens (tertiary/aromatic N) is 1. The van der Waals surface area contributed by atoms with Crippen LogP contribution < -0.4 is 15.7 Å². The van der Waals surface area contributed by atoms with Crippen LogP contribution in [0.25, 0.3) is 11.3 Å². The van der Waals surface area contributed by atoms with Crippen molar-refractivity contribution in [2.75, 3.05) is 7.11 Å². The zero-order chi connectivity index (χ0) is 15.4. The molecule has 0 aliphatic rings. The molecule has 6 heteroatoms. The van der Waals surface area contributed by atoms with Crippen molar-refractivity contribution in [2.24, 2.45) is 0 Å². The number of benzene rings is 1. The van der Waals surface area contributed by atoms with Crippen molar-refractivity contribution in [2.45, 2.75) is 19.9 Å². The minimum atomic E-state index is -0.558. The Bertz CT molecular complexity index is 690. The topological polar surface area (TPSA) is 84.1 Å². The highest BCUT2D eigenvalue weighted by molar-refractivity contribution is 5.93. The number of hydrogen-bond acceptors (Lipinski definition) is 4. The van der Waals surface area contributed by atoms with Gasteiger partial charge < -0.3 is 15.0 Å². The van der Waals surface area contributed by atoms with Crippen molar-refractivity contribution in [3.8, 4) is 17.0 Å². The molecular formula is C15H17N3O3. The Morgan fingerprint density at radius 2 is 1.95 bits per heavy atom. The van der Waals surface area contributed by atoms with Gasteiger partial charge in [0.25, 0.3) is 5.91 Å². The fourth-order valence-electron chi connectivity index (χ4n) is 1.83. The van der Waals surface area contributed by atoms with Gasteiger partial charge in [-0.1, -0.05) is 0 Å². The predicted molar refractivity (Wildman–Crippen MR) is 79.4 cm³/mol. The molecule has 0 spiro atoms. The van der Waals surface area contributed by atoms with Crippen molar-refractivity contribution < 1.29 is 9.53 Å². The van der Waals surface area contributed by atoms with E-state index in [1.165, 1.54) is 0 Å². The number of ether oxygens (including phenoxy) is 1. The second-order valence-corrected chi connectivity index (χ2v) is 4.84. The Kier molecular flexibility index (Phi) is 4.37. The normalized spacial score (nSPS) is 10.5. The summed E-state index contributed by atoms with van der Waals surface area (Å²) in [6.07, 6.45) is 0. The number of aromatic amines is 1. The standard InChI is InChI=1S/C15H17N3O3/c1-9(2)16-14(19)13-8-12(17-15(20)18-13)10-4-6-11(21-3)7-5-10/h4-9H,1-3H3,(H,16,19)(H,17,18,20). The first-order valence-electron chi connectivity index (χ1n) is 6.56. The zero-order valence-corrected chi connectivity index (χ0v) is 12.1. The molecular weight excluding hydrogens is 270 g/mol. The largest absolute Gasteiger partial charge is 0.497 e. The molecule has 2 aromatic rings. The van der Waals surface area contributed by atoms with Gasteiger partial charge in [-0.3, -0.25) is 4.79 Å². The van der Waals surface area contributed by atoms with Gasteiger partial charge in [0.1, 0.15) is 11.4 Å². The highest BCUT2D eigenvalue weighted by Gasteiger charge is 2.11. The summed E-state index contributed by atoms with van der Waals surface area (Å²) in [5.74, 6) is 0.376. The number of nitrogens with one attached hydrogen (secondary N) is 2. The molecule has 1 heterocycles. The van der Waals surface area contributed by atoms with Crippen molar-refractivity contribution in [1.82, 2.24) is 15.3 Å². The molecule has 110 valence electrons. The van der Waals surface area contributed by atoms with Crippen molar-refractivity contribution in [1.29, 1.82) is 0 Å². The van der Waals surface area contributed by atoms with Crippen LogP contribution in [0.4, 0.5) is 0 Å². The molecule has 1 aromatic carbocycles. The minimum Gasteiger partial charge on any atom is -0.497 e. The third kappa shape index (κ3) is 3.68. The molecule has 21 heavy (non-hydrogen) atoms. The van der Waals surface area contributed by atoms with E-state index < -0.39 is 5.69 Å². The van der Waals surface area contributed by atoms with Gasteiger partial charge in [-0.05, 0) is 44.2 Å². The predicted octanol–water partition coefficient (Wildman–Crippen LogP) is 1.58. The van der Waals surface area contributed by atoms with E-state index in [9.17, 15) is 9.59 Å². The lowest BCUT2D eigenvalue weighted by Crippen LogP contribution is -2.32. The van der Waals surface area contributed by atoms with Crippen LogP contribution in [0.15, 0.2) is 35.1 Å². The number of rotatable bonds is 4. The fourth-order valence-corrected chi connectivity index (χ4v) is 1.83. The summed E-state index contributed by atoms with van der Waals surface area (Å²) in [4.78, 5) is 29.9. The van der Waals surface area contributed by atoms with Gasteiger partial charge in [-0.15, -0.1) is 0 Å². The minimum absolute atomic E-state index is 0.0152. The van der Waals surface area contributed by atoms with Gasteiger partial charge in [0, 0.05) is 11.6 Å². The average molecular weight is 287 g/mol. The van der Waals surface area contributed by atoms with Crippen LogP contribution in [-0.2, 0) is 0 Å². The van der Waals surface area contributed by atoms with Gasteiger partial charge >= 0.3 is 5.69 Å². The Hall–Kier alpha value is -2.63. The highest BCUT2D eigenvalue weighted by atomic mass is 16.5. The van der Waals surface area contributed by atoms with Crippen molar-refractivity contribution >= 4 is 5.91 Å². The molecule has 2 rings (SSSR count). The number of amides is 1. The number of H-pyrrole nitrogens is 1. The summed E-state index contributed by atoms with van der Waals surface area (Å²) in [7, 11) is 1.58. The number of carbonyl (C=O) groups excluding carboxylic acids is 1. The fraction of sp³-hybridized carbons (Fsp3) is 0.267. The second-order valence-electron chi connectivity index (χ2n) is 4.84. The third-order valence-electron chi connectivity index (χ3n) is 2.79. The highest BCUT2D eigenvalue weighted by Crippen LogP contribution is 2.20. The second kappa shape index (κ2) is 6.21.